The molecule has 2 nitrogen and oxygen atoms in total. The summed E-state index contributed by atoms with van der Waals surface area (Å²) < 4.78 is 0. The number of halogens is 1. The van der Waals surface area contributed by atoms with Crippen molar-refractivity contribution in [1.82, 2.24) is 5.32 Å². The average Bonchev–Trinajstić information content (AvgIpc) is 2.16. The van der Waals surface area contributed by atoms with Crippen molar-refractivity contribution in [2.75, 3.05) is 0 Å². The molecule has 1 rings (SSSR count). The molecule has 88 valence electrons. The molecule has 0 bridgehead atoms. The second-order valence-electron chi connectivity index (χ2n) is 4.41. The van der Waals surface area contributed by atoms with Gasteiger partial charge in [-0.3, -0.25) is 4.79 Å². The predicted molar refractivity (Wildman–Crippen MR) is 67.6 cm³/mol. The summed E-state index contributed by atoms with van der Waals surface area (Å²) in [5.74, 6) is 0.492. The number of nitrogens with one attached hydrogen (secondary N) is 1. The highest BCUT2D eigenvalue weighted by Crippen LogP contribution is 2.11. The first-order valence-electron chi connectivity index (χ1n) is 5.53. The van der Waals surface area contributed by atoms with Crippen molar-refractivity contribution < 1.29 is 4.79 Å². The lowest BCUT2D eigenvalue weighted by atomic mass is 10.1. The Hall–Kier alpha value is -1.02. The molecule has 1 amide bonds. The summed E-state index contributed by atoms with van der Waals surface area (Å²) >= 11 is 5.85. The second-order valence-corrected chi connectivity index (χ2v) is 4.84. The van der Waals surface area contributed by atoms with Crippen LogP contribution in [0.15, 0.2) is 24.3 Å². The topological polar surface area (TPSA) is 29.1 Å². The summed E-state index contributed by atoms with van der Waals surface area (Å²) in [6.07, 6.45) is 0.387. The van der Waals surface area contributed by atoms with Gasteiger partial charge in [-0.15, -0.1) is 0 Å². The average molecular weight is 240 g/mol. The number of benzene rings is 1. The van der Waals surface area contributed by atoms with E-state index < -0.39 is 0 Å². The lowest BCUT2D eigenvalue weighted by molar-refractivity contribution is -0.121. The molecule has 1 aromatic rings. The molecule has 0 fully saturated rings. The van der Waals surface area contributed by atoms with Crippen LogP contribution in [0.25, 0.3) is 0 Å². The van der Waals surface area contributed by atoms with Crippen LogP contribution >= 0.6 is 11.6 Å². The SMILES string of the molecule is CC(C)[C@H](C)NC(=O)Cc1cccc(Cl)c1. The molecule has 0 saturated carbocycles. The molecule has 0 spiro atoms. The van der Waals surface area contributed by atoms with E-state index in [1.54, 1.807) is 6.07 Å². The zero-order valence-corrected chi connectivity index (χ0v) is 10.7. The van der Waals surface area contributed by atoms with Gasteiger partial charge in [-0.25, -0.2) is 0 Å². The smallest absolute Gasteiger partial charge is 0.224 e. The Morgan fingerprint density at radius 2 is 2.06 bits per heavy atom. The number of hydrogen-bond acceptors (Lipinski definition) is 1. The van der Waals surface area contributed by atoms with E-state index >= 15 is 0 Å². The molecule has 0 saturated heterocycles. The molecule has 0 radical (unpaired) electrons. The highest BCUT2D eigenvalue weighted by Gasteiger charge is 2.10. The van der Waals surface area contributed by atoms with Crippen LogP contribution in [0, 0.1) is 5.92 Å². The van der Waals surface area contributed by atoms with Crippen LogP contribution in [0.3, 0.4) is 0 Å². The largest absolute Gasteiger partial charge is 0.353 e. The Balaban J connectivity index is 2.52. The molecule has 0 heterocycles. The van der Waals surface area contributed by atoms with Gasteiger partial charge < -0.3 is 5.32 Å². The van der Waals surface area contributed by atoms with Gasteiger partial charge in [0.1, 0.15) is 0 Å². The van der Waals surface area contributed by atoms with Gasteiger partial charge in [0.25, 0.3) is 0 Å². The summed E-state index contributed by atoms with van der Waals surface area (Å²) in [4.78, 5) is 11.7. The van der Waals surface area contributed by atoms with Gasteiger partial charge in [0.05, 0.1) is 6.42 Å². The number of carbonyl (C=O) groups excluding carboxylic acids is 1. The molecule has 3 heteroatoms. The van der Waals surface area contributed by atoms with E-state index in [1.165, 1.54) is 0 Å². The normalized spacial score (nSPS) is 12.6. The van der Waals surface area contributed by atoms with Crippen molar-refractivity contribution in [3.05, 3.63) is 34.9 Å². The third-order valence-electron chi connectivity index (χ3n) is 2.64. The molecule has 16 heavy (non-hydrogen) atoms. The second kappa shape index (κ2) is 5.90. The first-order chi connectivity index (χ1) is 7.49. The van der Waals surface area contributed by atoms with Gasteiger partial charge >= 0.3 is 0 Å². The molecule has 0 aliphatic carbocycles. The number of amides is 1. The predicted octanol–water partition coefficient (Wildman–Crippen LogP) is 3.04. The quantitative estimate of drug-likeness (QED) is 0.860. The van der Waals surface area contributed by atoms with Crippen molar-refractivity contribution in [3.8, 4) is 0 Å². The number of carbonyl (C=O) groups is 1. The summed E-state index contributed by atoms with van der Waals surface area (Å²) in [5.41, 5.74) is 0.945. The van der Waals surface area contributed by atoms with Gasteiger partial charge in [-0.2, -0.15) is 0 Å². The number of hydrogen-bond donors (Lipinski definition) is 1. The van der Waals surface area contributed by atoms with Crippen molar-refractivity contribution >= 4 is 17.5 Å². The molecule has 1 aromatic carbocycles. The standard InChI is InChI=1S/C13H18ClNO/c1-9(2)10(3)15-13(16)8-11-5-4-6-12(14)7-11/h4-7,9-10H,8H2,1-3H3,(H,15,16)/t10-/m0/s1. The third kappa shape index (κ3) is 4.23. The van der Waals surface area contributed by atoms with Crippen LogP contribution in [-0.4, -0.2) is 11.9 Å². The van der Waals surface area contributed by atoms with Gasteiger partial charge in [0, 0.05) is 11.1 Å². The maximum absolute atomic E-state index is 11.7. The minimum absolute atomic E-state index is 0.0449. The fourth-order valence-electron chi connectivity index (χ4n) is 1.30. The van der Waals surface area contributed by atoms with Crippen LogP contribution in [0.2, 0.25) is 5.02 Å². The Kier molecular flexibility index (Phi) is 4.81. The first-order valence-corrected chi connectivity index (χ1v) is 5.90. The molecular formula is C13H18ClNO. The Labute approximate surface area is 102 Å². The van der Waals surface area contributed by atoms with Crippen LogP contribution in [0.5, 0.6) is 0 Å². The van der Waals surface area contributed by atoms with E-state index in [4.69, 9.17) is 11.6 Å². The molecule has 1 N–H and O–H groups in total. The van der Waals surface area contributed by atoms with Crippen molar-refractivity contribution in [1.29, 1.82) is 0 Å². The minimum atomic E-state index is 0.0449. The first kappa shape index (κ1) is 13.0. The van der Waals surface area contributed by atoms with Crippen LogP contribution in [0.4, 0.5) is 0 Å². The van der Waals surface area contributed by atoms with Gasteiger partial charge in [-0.05, 0) is 30.5 Å². The zero-order chi connectivity index (χ0) is 12.1. The lowest BCUT2D eigenvalue weighted by Crippen LogP contribution is -2.37. The summed E-state index contributed by atoms with van der Waals surface area (Å²) in [5, 5.41) is 3.63. The van der Waals surface area contributed by atoms with Crippen LogP contribution < -0.4 is 5.32 Å². The van der Waals surface area contributed by atoms with E-state index in [0.717, 1.165) is 5.56 Å². The Morgan fingerprint density at radius 1 is 1.38 bits per heavy atom. The maximum Gasteiger partial charge on any atom is 0.224 e. The van der Waals surface area contributed by atoms with E-state index in [1.807, 2.05) is 25.1 Å². The van der Waals surface area contributed by atoms with Crippen molar-refractivity contribution in [2.24, 2.45) is 5.92 Å². The fourth-order valence-corrected chi connectivity index (χ4v) is 1.52. The van der Waals surface area contributed by atoms with Gasteiger partial charge in [0.2, 0.25) is 5.91 Å². The lowest BCUT2D eigenvalue weighted by Gasteiger charge is -2.17. The molecule has 1 atom stereocenters. The third-order valence-corrected chi connectivity index (χ3v) is 2.88. The van der Waals surface area contributed by atoms with Crippen LogP contribution in [0.1, 0.15) is 26.3 Å². The summed E-state index contributed by atoms with van der Waals surface area (Å²) in [7, 11) is 0. The van der Waals surface area contributed by atoms with E-state index in [9.17, 15) is 4.79 Å². The molecule has 0 aliphatic heterocycles. The van der Waals surface area contributed by atoms with Gasteiger partial charge in [0.15, 0.2) is 0 Å². The molecule has 0 unspecified atom stereocenters. The van der Waals surface area contributed by atoms with Crippen molar-refractivity contribution in [2.45, 2.75) is 33.2 Å². The monoisotopic (exact) mass is 239 g/mol. The summed E-state index contributed by atoms with van der Waals surface area (Å²) in [6.45, 7) is 6.19. The fraction of sp³-hybridized carbons (Fsp3) is 0.462. The van der Waals surface area contributed by atoms with Crippen LogP contribution in [-0.2, 0) is 11.2 Å². The highest BCUT2D eigenvalue weighted by atomic mass is 35.5. The molecular weight excluding hydrogens is 222 g/mol. The van der Waals surface area contributed by atoms with E-state index in [2.05, 4.69) is 19.2 Å². The Bertz CT molecular complexity index is 363. The number of rotatable bonds is 4. The molecule has 0 aromatic heterocycles. The molecule has 0 aliphatic rings. The maximum atomic E-state index is 11.7. The Morgan fingerprint density at radius 3 is 2.62 bits per heavy atom. The summed E-state index contributed by atoms with van der Waals surface area (Å²) in [6, 6.07) is 7.59. The van der Waals surface area contributed by atoms with E-state index in [0.29, 0.717) is 17.4 Å². The van der Waals surface area contributed by atoms with Gasteiger partial charge in [-0.1, -0.05) is 37.6 Å². The van der Waals surface area contributed by atoms with Crippen molar-refractivity contribution in [3.63, 3.8) is 0 Å². The minimum Gasteiger partial charge on any atom is -0.353 e. The zero-order valence-electron chi connectivity index (χ0n) is 9.96. The highest BCUT2D eigenvalue weighted by molar-refractivity contribution is 6.30. The van der Waals surface area contributed by atoms with E-state index in [-0.39, 0.29) is 11.9 Å².